The third kappa shape index (κ3) is 4.95. The molecule has 5 heteroatoms. The monoisotopic (exact) mass is 331 g/mol. The Balaban J connectivity index is 1.42. The van der Waals surface area contributed by atoms with Gasteiger partial charge in [-0.05, 0) is 37.8 Å². The van der Waals surface area contributed by atoms with Gasteiger partial charge >= 0.3 is 6.03 Å². The molecular weight excluding hydrogens is 302 g/mol. The maximum Gasteiger partial charge on any atom is 0.317 e. The number of morpholine rings is 1. The molecule has 24 heavy (non-hydrogen) atoms. The summed E-state index contributed by atoms with van der Waals surface area (Å²) in [6.45, 7) is 8.04. The summed E-state index contributed by atoms with van der Waals surface area (Å²) in [5.74, 6) is 0.546. The van der Waals surface area contributed by atoms with Gasteiger partial charge < -0.3 is 15.0 Å². The van der Waals surface area contributed by atoms with Crippen molar-refractivity contribution in [1.82, 2.24) is 15.1 Å². The molecule has 2 fully saturated rings. The number of hydrogen-bond donors (Lipinski definition) is 1. The lowest BCUT2D eigenvalue weighted by Gasteiger charge is -2.34. The lowest BCUT2D eigenvalue weighted by atomic mass is 9.97. The molecule has 5 nitrogen and oxygen atoms in total. The van der Waals surface area contributed by atoms with E-state index in [1.165, 1.54) is 18.4 Å². The molecule has 2 atom stereocenters. The zero-order valence-electron chi connectivity index (χ0n) is 14.6. The number of carbonyl (C=O) groups is 1. The molecule has 2 aliphatic heterocycles. The zero-order chi connectivity index (χ0) is 16.8. The first-order chi connectivity index (χ1) is 11.7. The summed E-state index contributed by atoms with van der Waals surface area (Å²) in [7, 11) is 0. The molecule has 0 saturated carbocycles. The van der Waals surface area contributed by atoms with Gasteiger partial charge in [-0.25, -0.2) is 4.79 Å². The number of rotatable bonds is 4. The Morgan fingerprint density at radius 2 is 2.08 bits per heavy atom. The van der Waals surface area contributed by atoms with Crippen LogP contribution in [0.2, 0.25) is 0 Å². The van der Waals surface area contributed by atoms with Gasteiger partial charge in [0.1, 0.15) is 0 Å². The topological polar surface area (TPSA) is 44.8 Å². The average Bonchev–Trinajstić information content (AvgIpc) is 2.61. The summed E-state index contributed by atoms with van der Waals surface area (Å²) in [6.07, 6.45) is 2.55. The van der Waals surface area contributed by atoms with E-state index in [1.54, 1.807) is 0 Å². The average molecular weight is 331 g/mol. The number of nitrogens with one attached hydrogen (secondary N) is 1. The van der Waals surface area contributed by atoms with Crippen LogP contribution in [0.25, 0.3) is 0 Å². The van der Waals surface area contributed by atoms with Crippen molar-refractivity contribution in [3.63, 3.8) is 0 Å². The molecule has 2 heterocycles. The van der Waals surface area contributed by atoms with Crippen LogP contribution in [0.15, 0.2) is 30.3 Å². The molecule has 1 aromatic carbocycles. The number of likely N-dealkylation sites (tertiary alicyclic amines) is 1. The van der Waals surface area contributed by atoms with E-state index in [0.717, 1.165) is 26.2 Å². The maximum absolute atomic E-state index is 12.3. The number of hydrogen-bond acceptors (Lipinski definition) is 3. The third-order valence-corrected chi connectivity index (χ3v) is 4.92. The Hall–Kier alpha value is -1.59. The summed E-state index contributed by atoms with van der Waals surface area (Å²) < 4.78 is 5.49. The second-order valence-electron chi connectivity index (χ2n) is 7.04. The lowest BCUT2D eigenvalue weighted by Crippen LogP contribution is -2.50. The van der Waals surface area contributed by atoms with Crippen LogP contribution in [0.4, 0.5) is 4.79 Å². The minimum atomic E-state index is 0.0605. The van der Waals surface area contributed by atoms with E-state index in [-0.39, 0.29) is 12.1 Å². The first-order valence-corrected chi connectivity index (χ1v) is 9.11. The van der Waals surface area contributed by atoms with E-state index in [0.29, 0.717) is 25.6 Å². The lowest BCUT2D eigenvalue weighted by molar-refractivity contribution is -0.00370. The largest absolute Gasteiger partial charge is 0.375 e. The quantitative estimate of drug-likeness (QED) is 0.921. The van der Waals surface area contributed by atoms with Crippen molar-refractivity contribution in [2.75, 3.05) is 39.3 Å². The SMILES string of the molecule is C[C@@H]1CN(C(=O)NC[C@@H]2CCCN(Cc3ccccc3)C2)CCO1. The predicted octanol–water partition coefficient (Wildman–Crippen LogP) is 2.33. The van der Waals surface area contributed by atoms with Crippen molar-refractivity contribution in [2.45, 2.75) is 32.4 Å². The van der Waals surface area contributed by atoms with Gasteiger partial charge in [-0.15, -0.1) is 0 Å². The van der Waals surface area contributed by atoms with Crippen LogP contribution < -0.4 is 5.32 Å². The van der Waals surface area contributed by atoms with Crippen LogP contribution in [0.5, 0.6) is 0 Å². The first-order valence-electron chi connectivity index (χ1n) is 9.11. The van der Waals surface area contributed by atoms with Gasteiger partial charge in [0, 0.05) is 32.7 Å². The number of nitrogens with zero attached hydrogens (tertiary/aromatic N) is 2. The third-order valence-electron chi connectivity index (χ3n) is 4.92. The summed E-state index contributed by atoms with van der Waals surface area (Å²) in [5.41, 5.74) is 1.37. The summed E-state index contributed by atoms with van der Waals surface area (Å²) in [5, 5.41) is 3.13. The molecule has 3 rings (SSSR count). The van der Waals surface area contributed by atoms with Crippen molar-refractivity contribution < 1.29 is 9.53 Å². The molecule has 0 aromatic heterocycles. The second kappa shape index (κ2) is 8.49. The maximum atomic E-state index is 12.3. The summed E-state index contributed by atoms with van der Waals surface area (Å²) >= 11 is 0. The molecule has 2 saturated heterocycles. The van der Waals surface area contributed by atoms with E-state index in [1.807, 2.05) is 11.8 Å². The fraction of sp³-hybridized carbons (Fsp3) is 0.632. The van der Waals surface area contributed by atoms with Gasteiger partial charge in [0.05, 0.1) is 12.7 Å². The fourth-order valence-corrected chi connectivity index (χ4v) is 3.65. The smallest absolute Gasteiger partial charge is 0.317 e. The minimum Gasteiger partial charge on any atom is -0.375 e. The highest BCUT2D eigenvalue weighted by Crippen LogP contribution is 2.18. The van der Waals surface area contributed by atoms with E-state index >= 15 is 0 Å². The summed E-state index contributed by atoms with van der Waals surface area (Å²) in [6, 6.07) is 10.7. The van der Waals surface area contributed by atoms with Crippen LogP contribution in [0.1, 0.15) is 25.3 Å². The van der Waals surface area contributed by atoms with Gasteiger partial charge in [-0.1, -0.05) is 30.3 Å². The molecule has 1 aromatic rings. The van der Waals surface area contributed by atoms with Gasteiger partial charge in [0.15, 0.2) is 0 Å². The molecule has 2 amide bonds. The highest BCUT2D eigenvalue weighted by molar-refractivity contribution is 5.74. The molecule has 0 radical (unpaired) electrons. The van der Waals surface area contributed by atoms with Crippen LogP contribution in [-0.4, -0.2) is 61.3 Å². The highest BCUT2D eigenvalue weighted by Gasteiger charge is 2.24. The highest BCUT2D eigenvalue weighted by atomic mass is 16.5. The Kier molecular flexibility index (Phi) is 6.10. The van der Waals surface area contributed by atoms with Crippen molar-refractivity contribution in [2.24, 2.45) is 5.92 Å². The van der Waals surface area contributed by atoms with Gasteiger partial charge in [-0.3, -0.25) is 4.90 Å². The minimum absolute atomic E-state index is 0.0605. The normalized spacial score (nSPS) is 25.5. The van der Waals surface area contributed by atoms with Gasteiger partial charge in [0.2, 0.25) is 0 Å². The Morgan fingerprint density at radius 3 is 2.88 bits per heavy atom. The van der Waals surface area contributed by atoms with E-state index in [4.69, 9.17) is 4.74 Å². The van der Waals surface area contributed by atoms with Crippen molar-refractivity contribution in [3.05, 3.63) is 35.9 Å². The van der Waals surface area contributed by atoms with E-state index < -0.39 is 0 Å². The fourth-order valence-electron chi connectivity index (χ4n) is 3.65. The van der Waals surface area contributed by atoms with Crippen molar-refractivity contribution >= 4 is 6.03 Å². The van der Waals surface area contributed by atoms with Crippen LogP contribution in [0, 0.1) is 5.92 Å². The molecule has 132 valence electrons. The number of piperidine rings is 1. The van der Waals surface area contributed by atoms with Crippen molar-refractivity contribution in [3.8, 4) is 0 Å². The Labute approximate surface area is 145 Å². The molecule has 2 aliphatic rings. The Morgan fingerprint density at radius 1 is 1.25 bits per heavy atom. The van der Waals surface area contributed by atoms with Gasteiger partial charge in [0.25, 0.3) is 0 Å². The zero-order valence-corrected chi connectivity index (χ0v) is 14.6. The van der Waals surface area contributed by atoms with Crippen molar-refractivity contribution in [1.29, 1.82) is 0 Å². The molecule has 1 N–H and O–H groups in total. The molecule has 0 unspecified atom stereocenters. The number of amides is 2. The molecule has 0 spiro atoms. The number of ether oxygens (including phenoxy) is 1. The second-order valence-corrected chi connectivity index (χ2v) is 7.04. The molecular formula is C19H29N3O2. The van der Waals surface area contributed by atoms with E-state index in [9.17, 15) is 4.79 Å². The van der Waals surface area contributed by atoms with Crippen LogP contribution in [-0.2, 0) is 11.3 Å². The number of urea groups is 1. The number of carbonyl (C=O) groups excluding carboxylic acids is 1. The predicted molar refractivity (Wildman–Crippen MR) is 94.8 cm³/mol. The van der Waals surface area contributed by atoms with E-state index in [2.05, 4.69) is 40.5 Å². The van der Waals surface area contributed by atoms with Gasteiger partial charge in [-0.2, -0.15) is 0 Å². The van der Waals surface area contributed by atoms with Crippen LogP contribution in [0.3, 0.4) is 0 Å². The number of benzene rings is 1. The summed E-state index contributed by atoms with van der Waals surface area (Å²) in [4.78, 5) is 16.7. The Bertz CT molecular complexity index is 523. The first kappa shape index (κ1) is 17.2. The standard InChI is InChI=1S/C19H29N3O2/c1-16-13-22(10-11-24-16)19(23)20-12-18-8-5-9-21(15-18)14-17-6-3-2-4-7-17/h2-4,6-7,16,18H,5,8-15H2,1H3,(H,20,23)/t16-,18+/m1/s1. The molecule has 0 aliphatic carbocycles. The van der Waals surface area contributed by atoms with Crippen LogP contribution >= 0.6 is 0 Å². The molecule has 0 bridgehead atoms.